The van der Waals surface area contributed by atoms with E-state index in [9.17, 15) is 19.7 Å². The lowest BCUT2D eigenvalue weighted by molar-refractivity contribution is -0.384. The van der Waals surface area contributed by atoms with Crippen LogP contribution in [0.25, 0.3) is 0 Å². The number of rotatable bonds is 7. The van der Waals surface area contributed by atoms with Crippen molar-refractivity contribution in [2.24, 2.45) is 0 Å². The third-order valence-corrected chi connectivity index (χ3v) is 4.37. The minimum Gasteiger partial charge on any atom is -0.486 e. The molecule has 9 nitrogen and oxygen atoms in total. The largest absolute Gasteiger partial charge is 0.486 e. The highest BCUT2D eigenvalue weighted by Gasteiger charge is 2.17. The van der Waals surface area contributed by atoms with Crippen molar-refractivity contribution in [1.82, 2.24) is 5.32 Å². The Bertz CT molecular complexity index is 948. The van der Waals surface area contributed by atoms with Crippen LogP contribution in [-0.4, -0.2) is 43.2 Å². The number of nitro groups is 1. The molecule has 0 bridgehead atoms. The fourth-order valence-corrected chi connectivity index (χ4v) is 2.88. The Kier molecular flexibility index (Phi) is 6.50. The Balaban J connectivity index is 1.44. The van der Waals surface area contributed by atoms with Crippen molar-refractivity contribution < 1.29 is 28.7 Å². The number of benzene rings is 2. The number of ether oxygens (including phenoxy) is 3. The normalized spacial score (nSPS) is 12.2. The lowest BCUT2D eigenvalue weighted by atomic mass is 10.1. The highest BCUT2D eigenvalue weighted by molar-refractivity contribution is 6.33. The van der Waals surface area contributed by atoms with E-state index in [4.69, 9.17) is 25.8 Å². The van der Waals surface area contributed by atoms with Crippen molar-refractivity contribution in [3.63, 3.8) is 0 Å². The molecule has 0 unspecified atom stereocenters. The van der Waals surface area contributed by atoms with Crippen LogP contribution in [0.3, 0.4) is 0 Å². The van der Waals surface area contributed by atoms with Gasteiger partial charge in [0.1, 0.15) is 13.2 Å². The zero-order valence-electron chi connectivity index (χ0n) is 15.2. The minimum atomic E-state index is -0.841. The Morgan fingerprint density at radius 2 is 1.90 bits per heavy atom. The van der Waals surface area contributed by atoms with Crippen LogP contribution >= 0.6 is 11.6 Å². The topological polar surface area (TPSA) is 117 Å². The van der Waals surface area contributed by atoms with Crippen LogP contribution in [0.15, 0.2) is 36.4 Å². The Labute approximate surface area is 170 Å². The van der Waals surface area contributed by atoms with Gasteiger partial charge in [-0.1, -0.05) is 17.7 Å². The van der Waals surface area contributed by atoms with E-state index in [1.807, 2.05) is 18.2 Å². The third-order valence-electron chi connectivity index (χ3n) is 4.06. The number of fused-ring (bicyclic) bond motifs is 1. The van der Waals surface area contributed by atoms with Crippen molar-refractivity contribution in [1.29, 1.82) is 0 Å². The first-order valence-electron chi connectivity index (χ1n) is 8.70. The number of nitrogens with one attached hydrogen (secondary N) is 1. The number of hydrogen-bond acceptors (Lipinski definition) is 7. The molecule has 0 spiro atoms. The highest BCUT2D eigenvalue weighted by Crippen LogP contribution is 2.30. The molecule has 1 heterocycles. The Morgan fingerprint density at radius 1 is 1.14 bits per heavy atom. The van der Waals surface area contributed by atoms with E-state index in [1.54, 1.807) is 0 Å². The van der Waals surface area contributed by atoms with Crippen LogP contribution in [0.5, 0.6) is 11.5 Å². The van der Waals surface area contributed by atoms with Gasteiger partial charge in [0.05, 0.1) is 15.5 Å². The monoisotopic (exact) mass is 420 g/mol. The molecule has 152 valence electrons. The average Bonchev–Trinajstić information content (AvgIpc) is 2.71. The first kappa shape index (κ1) is 20.4. The van der Waals surface area contributed by atoms with E-state index in [0.29, 0.717) is 37.7 Å². The second-order valence-corrected chi connectivity index (χ2v) is 6.48. The smallest absolute Gasteiger partial charge is 0.340 e. The van der Waals surface area contributed by atoms with Crippen LogP contribution in [0.1, 0.15) is 15.9 Å². The minimum absolute atomic E-state index is 0.0543. The van der Waals surface area contributed by atoms with Gasteiger partial charge in [0.25, 0.3) is 11.6 Å². The van der Waals surface area contributed by atoms with E-state index in [-0.39, 0.29) is 16.3 Å². The summed E-state index contributed by atoms with van der Waals surface area (Å²) in [4.78, 5) is 33.9. The summed E-state index contributed by atoms with van der Waals surface area (Å²) in [5.74, 6) is 0.0515. The Hall–Kier alpha value is -3.33. The maximum absolute atomic E-state index is 12.0. The SMILES string of the molecule is O=C(COC(=O)c1ccc([N+](=O)[O-])cc1Cl)NCCc1ccc2c(c1)OCCO2. The third kappa shape index (κ3) is 5.35. The molecule has 0 aromatic heterocycles. The van der Waals surface area contributed by atoms with E-state index in [1.165, 1.54) is 6.07 Å². The second-order valence-electron chi connectivity index (χ2n) is 6.08. The predicted molar refractivity (Wildman–Crippen MR) is 103 cm³/mol. The first-order valence-corrected chi connectivity index (χ1v) is 9.08. The summed E-state index contributed by atoms with van der Waals surface area (Å²) in [5, 5.41) is 13.2. The van der Waals surface area contributed by atoms with Gasteiger partial charge in [-0.25, -0.2) is 4.79 Å². The van der Waals surface area contributed by atoms with Crippen LogP contribution in [0, 0.1) is 10.1 Å². The first-order chi connectivity index (χ1) is 13.9. The summed E-state index contributed by atoms with van der Waals surface area (Å²) >= 11 is 5.86. The average molecular weight is 421 g/mol. The summed E-state index contributed by atoms with van der Waals surface area (Å²) in [5.41, 5.74) is 0.661. The van der Waals surface area contributed by atoms with Gasteiger partial charge >= 0.3 is 5.97 Å². The summed E-state index contributed by atoms with van der Waals surface area (Å²) < 4.78 is 15.9. The number of non-ortho nitro benzene ring substituents is 1. The number of halogens is 1. The van der Waals surface area contributed by atoms with Crippen LogP contribution in [0.4, 0.5) is 5.69 Å². The highest BCUT2D eigenvalue weighted by atomic mass is 35.5. The molecular weight excluding hydrogens is 404 g/mol. The molecule has 1 N–H and O–H groups in total. The summed E-state index contributed by atoms with van der Waals surface area (Å²) in [6.07, 6.45) is 0.560. The van der Waals surface area contributed by atoms with Gasteiger partial charge in [-0.3, -0.25) is 14.9 Å². The number of carbonyl (C=O) groups excluding carboxylic acids is 2. The van der Waals surface area contributed by atoms with Gasteiger partial charge in [0.15, 0.2) is 18.1 Å². The van der Waals surface area contributed by atoms with E-state index >= 15 is 0 Å². The van der Waals surface area contributed by atoms with E-state index in [2.05, 4.69) is 5.32 Å². The Morgan fingerprint density at radius 3 is 2.62 bits per heavy atom. The lowest BCUT2D eigenvalue weighted by Gasteiger charge is -2.18. The maximum atomic E-state index is 12.0. The van der Waals surface area contributed by atoms with Crippen LogP contribution in [-0.2, 0) is 16.0 Å². The van der Waals surface area contributed by atoms with Gasteiger partial charge < -0.3 is 19.5 Å². The molecule has 0 radical (unpaired) electrons. The maximum Gasteiger partial charge on any atom is 0.340 e. The van der Waals surface area contributed by atoms with Gasteiger partial charge in [-0.2, -0.15) is 0 Å². The van der Waals surface area contributed by atoms with Crippen molar-refractivity contribution in [3.05, 3.63) is 62.7 Å². The van der Waals surface area contributed by atoms with Crippen molar-refractivity contribution in [2.45, 2.75) is 6.42 Å². The number of esters is 1. The molecule has 0 saturated heterocycles. The zero-order chi connectivity index (χ0) is 20.8. The van der Waals surface area contributed by atoms with Gasteiger partial charge in [-0.15, -0.1) is 0 Å². The van der Waals surface area contributed by atoms with E-state index < -0.39 is 23.4 Å². The summed E-state index contributed by atoms with van der Waals surface area (Å²) in [7, 11) is 0. The van der Waals surface area contributed by atoms with Crippen molar-refractivity contribution in [2.75, 3.05) is 26.4 Å². The fraction of sp³-hybridized carbons (Fsp3) is 0.263. The quantitative estimate of drug-likeness (QED) is 0.415. The van der Waals surface area contributed by atoms with Crippen LogP contribution < -0.4 is 14.8 Å². The van der Waals surface area contributed by atoms with Crippen molar-refractivity contribution in [3.8, 4) is 11.5 Å². The van der Waals surface area contributed by atoms with Gasteiger partial charge in [0.2, 0.25) is 0 Å². The van der Waals surface area contributed by atoms with Gasteiger partial charge in [-0.05, 0) is 30.2 Å². The summed E-state index contributed by atoms with van der Waals surface area (Å²) in [6, 6.07) is 8.93. The molecule has 1 aliphatic heterocycles. The molecule has 0 aliphatic carbocycles. The standard InChI is InChI=1S/C19H17ClN2O7/c20-15-10-13(22(25)26)2-3-14(15)19(24)29-11-18(23)21-6-5-12-1-4-16-17(9-12)28-8-7-27-16/h1-4,9-10H,5-8,11H2,(H,21,23). The number of nitrogens with zero attached hydrogens (tertiary/aromatic N) is 1. The number of carbonyl (C=O) groups is 2. The molecular formula is C19H17ClN2O7. The molecule has 1 amide bonds. The molecule has 0 atom stereocenters. The molecule has 2 aromatic carbocycles. The number of amides is 1. The molecule has 2 aromatic rings. The predicted octanol–water partition coefficient (Wildman–Crippen LogP) is 2.54. The lowest BCUT2D eigenvalue weighted by Crippen LogP contribution is -2.30. The van der Waals surface area contributed by atoms with Crippen LogP contribution in [0.2, 0.25) is 5.02 Å². The summed E-state index contributed by atoms with van der Waals surface area (Å²) in [6.45, 7) is 0.866. The number of nitro benzene ring substituents is 1. The fourth-order valence-electron chi connectivity index (χ4n) is 2.63. The number of hydrogen-bond donors (Lipinski definition) is 1. The molecule has 10 heteroatoms. The molecule has 0 saturated carbocycles. The molecule has 1 aliphatic rings. The van der Waals surface area contributed by atoms with Crippen molar-refractivity contribution >= 4 is 29.2 Å². The van der Waals surface area contributed by atoms with Gasteiger partial charge in [0, 0.05) is 18.7 Å². The zero-order valence-corrected chi connectivity index (χ0v) is 15.9. The second kappa shape index (κ2) is 9.24. The molecule has 0 fully saturated rings. The molecule has 3 rings (SSSR count). The van der Waals surface area contributed by atoms with E-state index in [0.717, 1.165) is 17.7 Å². The molecule has 29 heavy (non-hydrogen) atoms.